The van der Waals surface area contributed by atoms with Crippen molar-refractivity contribution in [1.82, 2.24) is 4.90 Å². The van der Waals surface area contributed by atoms with Crippen molar-refractivity contribution in [3.63, 3.8) is 0 Å². The van der Waals surface area contributed by atoms with Gasteiger partial charge < -0.3 is 4.74 Å². The number of ether oxygens (including phenoxy) is 1. The second-order valence-corrected chi connectivity index (χ2v) is 4.33. The van der Waals surface area contributed by atoms with E-state index in [2.05, 4.69) is 4.74 Å². The number of halogens is 3. The Kier molecular flexibility index (Phi) is 5.39. The molecule has 1 heterocycles. The Morgan fingerprint density at radius 2 is 2.12 bits per heavy atom. The van der Waals surface area contributed by atoms with Gasteiger partial charge in [0.15, 0.2) is 0 Å². The number of alkyl halides is 3. The summed E-state index contributed by atoms with van der Waals surface area (Å²) in [5.41, 5.74) is 0. The van der Waals surface area contributed by atoms with Crippen LogP contribution in [0.2, 0.25) is 0 Å². The minimum atomic E-state index is -4.28. The fraction of sp³-hybridized carbons (Fsp3) is 0.909. The Morgan fingerprint density at radius 3 is 2.71 bits per heavy atom. The van der Waals surface area contributed by atoms with Crippen LogP contribution in [-0.4, -0.2) is 49.2 Å². The van der Waals surface area contributed by atoms with Crippen molar-refractivity contribution in [3.8, 4) is 0 Å². The number of ketones is 1. The highest BCUT2D eigenvalue weighted by Crippen LogP contribution is 2.18. The molecule has 1 saturated heterocycles. The van der Waals surface area contributed by atoms with Crippen molar-refractivity contribution in [2.24, 2.45) is 0 Å². The second kappa shape index (κ2) is 6.35. The molecular weight excluding hydrogens is 235 g/mol. The number of carbonyl (C=O) groups excluding carboxylic acids is 1. The van der Waals surface area contributed by atoms with Crippen molar-refractivity contribution in [1.29, 1.82) is 0 Å². The highest BCUT2D eigenvalue weighted by Gasteiger charge is 2.28. The molecule has 100 valence electrons. The summed E-state index contributed by atoms with van der Waals surface area (Å²) in [6.45, 7) is 1.48. The topological polar surface area (TPSA) is 29.5 Å². The molecule has 0 aromatic carbocycles. The van der Waals surface area contributed by atoms with Crippen LogP contribution < -0.4 is 0 Å². The van der Waals surface area contributed by atoms with Crippen LogP contribution in [0.15, 0.2) is 0 Å². The zero-order valence-electron chi connectivity index (χ0n) is 9.92. The second-order valence-electron chi connectivity index (χ2n) is 4.33. The third-order valence-electron chi connectivity index (χ3n) is 2.87. The third-order valence-corrected chi connectivity index (χ3v) is 2.87. The molecule has 3 nitrogen and oxygen atoms in total. The minimum absolute atomic E-state index is 0.0172. The number of hydrogen-bond acceptors (Lipinski definition) is 3. The summed E-state index contributed by atoms with van der Waals surface area (Å²) in [5.74, 6) is 0.0838. The molecule has 0 amide bonds. The molecule has 0 N–H and O–H groups in total. The Hall–Kier alpha value is -0.620. The van der Waals surface area contributed by atoms with E-state index in [0.717, 1.165) is 25.8 Å². The predicted molar refractivity (Wildman–Crippen MR) is 56.8 cm³/mol. The normalized spacial score (nSPS) is 22.7. The maximum Gasteiger partial charge on any atom is 0.411 e. The van der Waals surface area contributed by atoms with Crippen molar-refractivity contribution < 1.29 is 22.7 Å². The smallest absolute Gasteiger partial charge is 0.371 e. The molecule has 1 aliphatic rings. The van der Waals surface area contributed by atoms with E-state index >= 15 is 0 Å². The van der Waals surface area contributed by atoms with Gasteiger partial charge in [-0.1, -0.05) is 6.42 Å². The molecule has 0 aromatic heterocycles. The van der Waals surface area contributed by atoms with Gasteiger partial charge >= 0.3 is 6.18 Å². The van der Waals surface area contributed by atoms with E-state index in [1.165, 1.54) is 6.92 Å². The standard InChI is InChI=1S/C11H18F3NO2/c1-9(16)10-4-2-3-5-15(10)6-7-17-8-11(12,13)14/h10H,2-8H2,1H3. The first-order valence-electron chi connectivity index (χ1n) is 5.79. The highest BCUT2D eigenvalue weighted by atomic mass is 19.4. The van der Waals surface area contributed by atoms with Gasteiger partial charge in [-0.25, -0.2) is 0 Å². The number of nitrogens with zero attached hydrogens (tertiary/aromatic N) is 1. The Balaban J connectivity index is 2.26. The molecular formula is C11H18F3NO2. The first-order chi connectivity index (χ1) is 7.90. The van der Waals surface area contributed by atoms with Gasteiger partial charge in [-0.05, 0) is 26.3 Å². The van der Waals surface area contributed by atoms with E-state index in [4.69, 9.17) is 0 Å². The van der Waals surface area contributed by atoms with Crippen molar-refractivity contribution in [2.75, 3.05) is 26.3 Å². The van der Waals surface area contributed by atoms with E-state index in [0.29, 0.717) is 6.54 Å². The first-order valence-corrected chi connectivity index (χ1v) is 5.79. The average molecular weight is 253 g/mol. The van der Waals surface area contributed by atoms with E-state index in [1.807, 2.05) is 4.90 Å². The van der Waals surface area contributed by atoms with E-state index in [9.17, 15) is 18.0 Å². The van der Waals surface area contributed by atoms with Crippen LogP contribution in [0.3, 0.4) is 0 Å². The summed E-state index contributed by atoms with van der Waals surface area (Å²) in [6.07, 6.45) is -1.48. The fourth-order valence-electron chi connectivity index (χ4n) is 2.09. The van der Waals surface area contributed by atoms with Crippen LogP contribution >= 0.6 is 0 Å². The lowest BCUT2D eigenvalue weighted by Gasteiger charge is -2.33. The lowest BCUT2D eigenvalue weighted by molar-refractivity contribution is -0.175. The number of Topliss-reactive ketones (excluding diaryl/α,β-unsaturated/α-hetero) is 1. The number of likely N-dealkylation sites (tertiary alicyclic amines) is 1. The number of carbonyl (C=O) groups is 1. The van der Waals surface area contributed by atoms with Gasteiger partial charge in [0.05, 0.1) is 12.6 Å². The average Bonchev–Trinajstić information content (AvgIpc) is 2.23. The van der Waals surface area contributed by atoms with E-state index < -0.39 is 12.8 Å². The van der Waals surface area contributed by atoms with Crippen molar-refractivity contribution >= 4 is 5.78 Å². The molecule has 0 aliphatic carbocycles. The molecule has 0 radical (unpaired) electrons. The predicted octanol–water partition coefficient (Wildman–Crippen LogP) is 2.01. The van der Waals surface area contributed by atoms with Crippen LogP contribution in [0.1, 0.15) is 26.2 Å². The molecule has 1 aliphatic heterocycles. The SMILES string of the molecule is CC(=O)C1CCCCN1CCOCC(F)(F)F. The van der Waals surface area contributed by atoms with Crippen LogP contribution in [0, 0.1) is 0 Å². The first kappa shape index (κ1) is 14.4. The Morgan fingerprint density at radius 1 is 1.41 bits per heavy atom. The van der Waals surface area contributed by atoms with Gasteiger partial charge in [-0.15, -0.1) is 0 Å². The number of hydrogen-bond donors (Lipinski definition) is 0. The quantitative estimate of drug-likeness (QED) is 0.702. The third kappa shape index (κ3) is 5.50. The van der Waals surface area contributed by atoms with Crippen LogP contribution in [-0.2, 0) is 9.53 Å². The number of rotatable bonds is 5. The van der Waals surface area contributed by atoms with Gasteiger partial charge in [-0.3, -0.25) is 9.69 Å². The van der Waals surface area contributed by atoms with Crippen LogP contribution in [0.25, 0.3) is 0 Å². The molecule has 1 fully saturated rings. The summed E-state index contributed by atoms with van der Waals surface area (Å²) in [7, 11) is 0. The number of piperidine rings is 1. The maximum absolute atomic E-state index is 11.8. The zero-order valence-corrected chi connectivity index (χ0v) is 9.92. The summed E-state index contributed by atoms with van der Waals surface area (Å²) < 4.78 is 40.1. The summed E-state index contributed by atoms with van der Waals surface area (Å²) in [6, 6.07) is -0.141. The van der Waals surface area contributed by atoms with Gasteiger partial charge in [0.25, 0.3) is 0 Å². The molecule has 0 spiro atoms. The summed E-state index contributed by atoms with van der Waals surface area (Å²) >= 11 is 0. The van der Waals surface area contributed by atoms with Crippen molar-refractivity contribution in [2.45, 2.75) is 38.4 Å². The largest absolute Gasteiger partial charge is 0.411 e. The summed E-state index contributed by atoms with van der Waals surface area (Å²) in [4.78, 5) is 13.3. The van der Waals surface area contributed by atoms with E-state index in [1.54, 1.807) is 0 Å². The molecule has 1 rings (SSSR count). The van der Waals surface area contributed by atoms with Crippen molar-refractivity contribution in [3.05, 3.63) is 0 Å². The highest BCUT2D eigenvalue weighted by molar-refractivity contribution is 5.81. The van der Waals surface area contributed by atoms with Gasteiger partial charge in [-0.2, -0.15) is 13.2 Å². The van der Waals surface area contributed by atoms with E-state index in [-0.39, 0.29) is 18.4 Å². The Labute approximate surface area is 98.9 Å². The lowest BCUT2D eigenvalue weighted by atomic mass is 9.99. The summed E-state index contributed by atoms with van der Waals surface area (Å²) in [5, 5.41) is 0. The molecule has 1 atom stereocenters. The molecule has 6 heteroatoms. The maximum atomic E-state index is 11.8. The Bertz CT molecular complexity index is 256. The molecule has 0 saturated carbocycles. The molecule has 0 aromatic rings. The minimum Gasteiger partial charge on any atom is -0.371 e. The monoisotopic (exact) mass is 253 g/mol. The molecule has 17 heavy (non-hydrogen) atoms. The fourth-order valence-corrected chi connectivity index (χ4v) is 2.09. The van der Waals surface area contributed by atoms with Crippen LogP contribution in [0.5, 0.6) is 0 Å². The lowest BCUT2D eigenvalue weighted by Crippen LogP contribution is -2.45. The zero-order chi connectivity index (χ0) is 12.9. The van der Waals surface area contributed by atoms with Gasteiger partial charge in [0, 0.05) is 6.54 Å². The van der Waals surface area contributed by atoms with Crippen LogP contribution in [0.4, 0.5) is 13.2 Å². The van der Waals surface area contributed by atoms with Gasteiger partial charge in [0.2, 0.25) is 0 Å². The molecule has 1 unspecified atom stereocenters. The molecule has 0 bridgehead atoms. The van der Waals surface area contributed by atoms with Gasteiger partial charge in [0.1, 0.15) is 12.4 Å².